The molecular formula is C11H18O6. The molecule has 0 saturated heterocycles. The Morgan fingerprint density at radius 1 is 1.00 bits per heavy atom. The minimum absolute atomic E-state index is 0.130. The average molecular weight is 246 g/mol. The first-order chi connectivity index (χ1) is 8.11. The molecule has 0 bridgehead atoms. The first kappa shape index (κ1) is 15.6. The van der Waals surface area contributed by atoms with Crippen molar-refractivity contribution in [1.82, 2.24) is 0 Å². The molecule has 0 fully saturated rings. The Hall–Kier alpha value is -1.40. The van der Waals surface area contributed by atoms with Crippen molar-refractivity contribution in [3.63, 3.8) is 0 Å². The van der Waals surface area contributed by atoms with Gasteiger partial charge >= 0.3 is 11.9 Å². The van der Waals surface area contributed by atoms with Crippen LogP contribution in [0.15, 0.2) is 11.6 Å². The van der Waals surface area contributed by atoms with Gasteiger partial charge in [-0.15, -0.1) is 0 Å². The first-order valence-corrected chi connectivity index (χ1v) is 5.29. The van der Waals surface area contributed by atoms with Crippen molar-refractivity contribution >= 4 is 11.9 Å². The van der Waals surface area contributed by atoms with Crippen LogP contribution in [0.5, 0.6) is 0 Å². The maximum absolute atomic E-state index is 11.3. The number of esters is 2. The molecule has 0 heterocycles. The van der Waals surface area contributed by atoms with Crippen LogP contribution in [0.4, 0.5) is 0 Å². The highest BCUT2D eigenvalue weighted by molar-refractivity contribution is 5.95. The van der Waals surface area contributed by atoms with Gasteiger partial charge in [-0.2, -0.15) is 0 Å². The summed E-state index contributed by atoms with van der Waals surface area (Å²) in [5.74, 6) is -1.27. The molecular weight excluding hydrogens is 228 g/mol. The lowest BCUT2D eigenvalue weighted by Gasteiger charge is -2.04. The second-order valence-corrected chi connectivity index (χ2v) is 2.94. The molecule has 0 N–H and O–H groups in total. The quantitative estimate of drug-likeness (QED) is 0.275. The van der Waals surface area contributed by atoms with Crippen LogP contribution >= 0.6 is 0 Å². The summed E-state index contributed by atoms with van der Waals surface area (Å²) in [7, 11) is 0. The van der Waals surface area contributed by atoms with Crippen LogP contribution in [0.25, 0.3) is 0 Å². The summed E-state index contributed by atoms with van der Waals surface area (Å²) in [6.45, 7) is 5.65. The summed E-state index contributed by atoms with van der Waals surface area (Å²) < 4.78 is 19.0. The summed E-state index contributed by atoms with van der Waals surface area (Å²) in [6.07, 6.45) is 1.05. The third-order valence-electron chi connectivity index (χ3n) is 1.62. The van der Waals surface area contributed by atoms with Crippen LogP contribution in [0.3, 0.4) is 0 Å². The third kappa shape index (κ3) is 8.41. The van der Waals surface area contributed by atoms with Crippen LogP contribution in [0.2, 0.25) is 0 Å². The smallest absolute Gasteiger partial charge is 0.336 e. The van der Waals surface area contributed by atoms with Crippen LogP contribution in [-0.2, 0) is 28.5 Å². The fourth-order valence-electron chi connectivity index (χ4n) is 0.753. The van der Waals surface area contributed by atoms with E-state index in [0.717, 1.165) is 6.08 Å². The highest BCUT2D eigenvalue weighted by atomic mass is 16.7. The molecule has 98 valence electrons. The summed E-state index contributed by atoms with van der Waals surface area (Å²) in [4.78, 5) is 22.4. The number of carbonyl (C=O) groups excluding carboxylic acids is 2. The van der Waals surface area contributed by atoms with Crippen molar-refractivity contribution in [2.45, 2.75) is 20.8 Å². The summed E-state index contributed by atoms with van der Waals surface area (Å²) in [6, 6.07) is 0. The van der Waals surface area contributed by atoms with E-state index in [9.17, 15) is 9.59 Å². The van der Waals surface area contributed by atoms with E-state index in [1.807, 2.05) is 0 Å². The monoisotopic (exact) mass is 246 g/mol. The summed E-state index contributed by atoms with van der Waals surface area (Å²) >= 11 is 0. The Labute approximate surface area is 100 Å². The molecule has 17 heavy (non-hydrogen) atoms. The fraction of sp³-hybridized carbons (Fsp3) is 0.636. The van der Waals surface area contributed by atoms with Gasteiger partial charge in [-0.25, -0.2) is 9.59 Å². The number of hydrogen-bond acceptors (Lipinski definition) is 6. The summed E-state index contributed by atoms with van der Waals surface area (Å²) in [5, 5.41) is 0. The van der Waals surface area contributed by atoms with Crippen LogP contribution in [-0.4, -0.2) is 38.7 Å². The molecule has 0 radical (unpaired) electrons. The molecule has 6 nitrogen and oxygen atoms in total. The van der Waals surface area contributed by atoms with Gasteiger partial charge in [0, 0.05) is 24.9 Å². The van der Waals surface area contributed by atoms with E-state index in [1.165, 1.54) is 6.92 Å². The van der Waals surface area contributed by atoms with Crippen LogP contribution < -0.4 is 0 Å². The molecule has 0 amide bonds. The minimum atomic E-state index is -0.649. The van der Waals surface area contributed by atoms with Gasteiger partial charge in [0.05, 0.1) is 0 Å². The zero-order valence-electron chi connectivity index (χ0n) is 10.4. The first-order valence-electron chi connectivity index (χ1n) is 5.29. The molecule has 0 aromatic rings. The van der Waals surface area contributed by atoms with Crippen LogP contribution in [0, 0.1) is 0 Å². The number of hydrogen-bond donors (Lipinski definition) is 0. The lowest BCUT2D eigenvalue weighted by atomic mass is 10.3. The van der Waals surface area contributed by atoms with E-state index in [-0.39, 0.29) is 19.2 Å². The van der Waals surface area contributed by atoms with Crippen molar-refractivity contribution in [2.24, 2.45) is 0 Å². The van der Waals surface area contributed by atoms with Gasteiger partial charge < -0.3 is 18.9 Å². The van der Waals surface area contributed by atoms with E-state index in [1.54, 1.807) is 13.8 Å². The molecule has 0 unspecified atom stereocenters. The Morgan fingerprint density at radius 2 is 1.53 bits per heavy atom. The largest absolute Gasteiger partial charge is 0.435 e. The second kappa shape index (κ2) is 9.80. The number of ether oxygens (including phenoxy) is 4. The van der Waals surface area contributed by atoms with Crippen molar-refractivity contribution in [2.75, 3.05) is 26.8 Å². The van der Waals surface area contributed by atoms with Gasteiger partial charge in [-0.05, 0) is 20.8 Å². The van der Waals surface area contributed by atoms with E-state index < -0.39 is 11.9 Å². The third-order valence-corrected chi connectivity index (χ3v) is 1.62. The summed E-state index contributed by atoms with van der Waals surface area (Å²) in [5.41, 5.74) is 0.145. The molecule has 0 saturated carbocycles. The molecule has 0 aliphatic carbocycles. The van der Waals surface area contributed by atoms with Gasteiger partial charge in [0.15, 0.2) is 13.6 Å². The van der Waals surface area contributed by atoms with Gasteiger partial charge in [0.25, 0.3) is 0 Å². The van der Waals surface area contributed by atoms with Crippen molar-refractivity contribution in [3.8, 4) is 0 Å². The van der Waals surface area contributed by atoms with E-state index >= 15 is 0 Å². The number of rotatable bonds is 8. The minimum Gasteiger partial charge on any atom is -0.435 e. The van der Waals surface area contributed by atoms with Crippen LogP contribution in [0.1, 0.15) is 20.8 Å². The topological polar surface area (TPSA) is 71.1 Å². The Kier molecular flexibility index (Phi) is 8.99. The molecule has 0 atom stereocenters. The molecule has 6 heteroatoms. The Bertz CT molecular complexity index is 271. The SMILES string of the molecule is CCOCOC(=O)/C=C(/C)C(=O)OCOCC. The predicted octanol–water partition coefficient (Wildman–Crippen LogP) is 1.01. The molecule has 0 aromatic heterocycles. The van der Waals surface area contributed by atoms with Gasteiger partial charge in [-0.3, -0.25) is 0 Å². The zero-order valence-corrected chi connectivity index (χ0v) is 10.4. The Balaban J connectivity index is 3.96. The maximum atomic E-state index is 11.3. The van der Waals surface area contributed by atoms with E-state index in [2.05, 4.69) is 4.74 Å². The molecule has 0 aromatic carbocycles. The number of carbonyl (C=O) groups is 2. The molecule has 0 rings (SSSR count). The van der Waals surface area contributed by atoms with E-state index in [0.29, 0.717) is 13.2 Å². The van der Waals surface area contributed by atoms with Gasteiger partial charge in [0.1, 0.15) is 0 Å². The fourth-order valence-corrected chi connectivity index (χ4v) is 0.753. The molecule has 0 aliphatic rings. The highest BCUT2D eigenvalue weighted by Crippen LogP contribution is 1.98. The van der Waals surface area contributed by atoms with Crippen molar-refractivity contribution in [1.29, 1.82) is 0 Å². The highest BCUT2D eigenvalue weighted by Gasteiger charge is 2.08. The average Bonchev–Trinajstić information content (AvgIpc) is 2.29. The van der Waals surface area contributed by atoms with Gasteiger partial charge in [-0.1, -0.05) is 0 Å². The normalized spacial score (nSPS) is 11.1. The molecule has 0 aliphatic heterocycles. The lowest BCUT2D eigenvalue weighted by Crippen LogP contribution is -2.12. The van der Waals surface area contributed by atoms with Gasteiger partial charge in [0.2, 0.25) is 0 Å². The zero-order chi connectivity index (χ0) is 13.1. The van der Waals surface area contributed by atoms with Crippen molar-refractivity contribution < 1.29 is 28.5 Å². The lowest BCUT2D eigenvalue weighted by molar-refractivity contribution is -0.153. The Morgan fingerprint density at radius 3 is 2.06 bits per heavy atom. The van der Waals surface area contributed by atoms with Crippen molar-refractivity contribution in [3.05, 3.63) is 11.6 Å². The predicted molar refractivity (Wildman–Crippen MR) is 58.9 cm³/mol. The standard InChI is InChI=1S/C11H18O6/c1-4-14-7-16-10(12)6-9(3)11(13)17-8-15-5-2/h6H,4-5,7-8H2,1-3H3/b9-6-. The molecule has 0 spiro atoms. The van der Waals surface area contributed by atoms with E-state index in [4.69, 9.17) is 14.2 Å². The maximum Gasteiger partial charge on any atom is 0.336 e. The second-order valence-electron chi connectivity index (χ2n) is 2.94.